The predicted octanol–water partition coefficient (Wildman–Crippen LogP) is 2.12. The lowest BCUT2D eigenvalue weighted by Gasteiger charge is -2.27. The fraction of sp³-hybridized carbons (Fsp3) is 0.909. The Kier molecular flexibility index (Phi) is 6.54. The fourth-order valence-corrected chi connectivity index (χ4v) is 1.59. The van der Waals surface area contributed by atoms with Crippen molar-refractivity contribution in [3.63, 3.8) is 0 Å². The van der Waals surface area contributed by atoms with Crippen LogP contribution >= 0.6 is 0 Å². The van der Waals surface area contributed by atoms with Gasteiger partial charge in [0.25, 0.3) is 0 Å². The van der Waals surface area contributed by atoms with Gasteiger partial charge in [0, 0.05) is 0 Å². The van der Waals surface area contributed by atoms with Crippen molar-refractivity contribution in [2.45, 2.75) is 39.0 Å². The Hall–Kier alpha value is -0.570. The molecule has 84 valence electrons. The molecule has 1 N–H and O–H groups in total. The summed E-state index contributed by atoms with van der Waals surface area (Å²) < 4.78 is 0.599. The molecule has 14 heavy (non-hydrogen) atoms. The third kappa shape index (κ3) is 8.05. The maximum atomic E-state index is 10.5. The molecular weight excluding hydrogens is 178 g/mol. The molecule has 0 aliphatic heterocycles. The third-order valence-corrected chi connectivity index (χ3v) is 2.43. The number of hydrogen-bond acceptors (Lipinski definition) is 1. The maximum Gasteiger partial charge on any atom is 0.359 e. The van der Waals surface area contributed by atoms with E-state index in [4.69, 9.17) is 5.11 Å². The highest BCUT2D eigenvalue weighted by Crippen LogP contribution is 2.06. The van der Waals surface area contributed by atoms with Crippen molar-refractivity contribution in [1.29, 1.82) is 0 Å². The number of likely N-dealkylation sites (N-methyl/N-ethyl adjacent to an activating group) is 1. The van der Waals surface area contributed by atoms with E-state index in [-0.39, 0.29) is 6.54 Å². The SMILES string of the molecule is CCCCCCC[N+](C)(C)CC(=O)O. The summed E-state index contributed by atoms with van der Waals surface area (Å²) in [5.41, 5.74) is 0. The molecule has 0 bridgehead atoms. The zero-order chi connectivity index (χ0) is 11.0. The van der Waals surface area contributed by atoms with Crippen LogP contribution in [0.25, 0.3) is 0 Å². The van der Waals surface area contributed by atoms with Crippen molar-refractivity contribution in [2.24, 2.45) is 0 Å². The highest BCUT2D eigenvalue weighted by atomic mass is 16.4. The molecule has 3 heteroatoms. The van der Waals surface area contributed by atoms with Crippen LogP contribution in [-0.2, 0) is 4.79 Å². The predicted molar refractivity (Wildman–Crippen MR) is 58.2 cm³/mol. The highest BCUT2D eigenvalue weighted by molar-refractivity contribution is 5.67. The Morgan fingerprint density at radius 3 is 2.21 bits per heavy atom. The average molecular weight is 202 g/mol. The average Bonchev–Trinajstić information content (AvgIpc) is 2.01. The third-order valence-electron chi connectivity index (χ3n) is 2.43. The highest BCUT2D eigenvalue weighted by Gasteiger charge is 2.18. The summed E-state index contributed by atoms with van der Waals surface area (Å²) in [6.07, 6.45) is 6.21. The second-order valence-corrected chi connectivity index (χ2v) is 4.63. The van der Waals surface area contributed by atoms with Crippen LogP contribution in [0.4, 0.5) is 0 Å². The van der Waals surface area contributed by atoms with Crippen LogP contribution in [0.5, 0.6) is 0 Å². The summed E-state index contributed by atoms with van der Waals surface area (Å²) in [6.45, 7) is 3.40. The molecule has 0 aromatic heterocycles. The first-order chi connectivity index (χ1) is 6.48. The van der Waals surface area contributed by atoms with E-state index in [9.17, 15) is 4.79 Å². The summed E-state index contributed by atoms with van der Waals surface area (Å²) in [6, 6.07) is 0. The van der Waals surface area contributed by atoms with Crippen LogP contribution in [-0.4, -0.2) is 42.7 Å². The van der Waals surface area contributed by atoms with Crippen LogP contribution in [0, 0.1) is 0 Å². The molecule has 0 aliphatic carbocycles. The normalized spacial score (nSPS) is 11.6. The monoisotopic (exact) mass is 202 g/mol. The summed E-state index contributed by atoms with van der Waals surface area (Å²) in [4.78, 5) is 10.5. The molecule has 0 radical (unpaired) electrons. The summed E-state index contributed by atoms with van der Waals surface area (Å²) in [5, 5.41) is 8.67. The van der Waals surface area contributed by atoms with Gasteiger partial charge in [-0.15, -0.1) is 0 Å². The summed E-state index contributed by atoms with van der Waals surface area (Å²) in [5.74, 6) is -0.705. The van der Waals surface area contributed by atoms with Crippen LogP contribution < -0.4 is 0 Å². The van der Waals surface area contributed by atoms with Gasteiger partial charge in [-0.3, -0.25) is 0 Å². The lowest BCUT2D eigenvalue weighted by atomic mass is 10.1. The van der Waals surface area contributed by atoms with Crippen molar-refractivity contribution >= 4 is 5.97 Å². The van der Waals surface area contributed by atoms with Gasteiger partial charge < -0.3 is 9.59 Å². The zero-order valence-electron chi connectivity index (χ0n) is 9.75. The maximum absolute atomic E-state index is 10.5. The number of hydrogen-bond donors (Lipinski definition) is 1. The van der Waals surface area contributed by atoms with E-state index >= 15 is 0 Å². The number of carboxylic acid groups (broad SMARTS) is 1. The molecule has 0 saturated carbocycles. The molecule has 0 amide bonds. The van der Waals surface area contributed by atoms with Gasteiger partial charge in [0.2, 0.25) is 0 Å². The summed E-state index contributed by atoms with van der Waals surface area (Å²) >= 11 is 0. The van der Waals surface area contributed by atoms with Crippen molar-refractivity contribution in [3.05, 3.63) is 0 Å². The van der Waals surface area contributed by atoms with E-state index in [1.807, 2.05) is 14.1 Å². The Balaban J connectivity index is 3.50. The topological polar surface area (TPSA) is 37.3 Å². The van der Waals surface area contributed by atoms with Gasteiger partial charge in [0.1, 0.15) is 0 Å². The van der Waals surface area contributed by atoms with Crippen molar-refractivity contribution in [2.75, 3.05) is 27.2 Å². The number of carboxylic acids is 1. The first-order valence-corrected chi connectivity index (χ1v) is 5.52. The quantitative estimate of drug-likeness (QED) is 0.483. The van der Waals surface area contributed by atoms with Crippen LogP contribution in [0.15, 0.2) is 0 Å². The number of carbonyl (C=O) groups is 1. The number of aliphatic carboxylic acids is 1. The van der Waals surface area contributed by atoms with Gasteiger partial charge in [-0.25, -0.2) is 4.79 Å². The van der Waals surface area contributed by atoms with E-state index in [0.717, 1.165) is 13.0 Å². The van der Waals surface area contributed by atoms with Gasteiger partial charge in [-0.05, 0) is 12.8 Å². The Labute approximate surface area is 87.3 Å². The smallest absolute Gasteiger partial charge is 0.359 e. The lowest BCUT2D eigenvalue weighted by molar-refractivity contribution is -0.883. The molecule has 0 unspecified atom stereocenters. The standard InChI is InChI=1S/C11H23NO2/c1-4-5-6-7-8-9-12(2,3)10-11(13)14/h4-10H2,1-3H3/p+1. The van der Waals surface area contributed by atoms with Crippen LogP contribution in [0.1, 0.15) is 39.0 Å². The first kappa shape index (κ1) is 13.4. The zero-order valence-corrected chi connectivity index (χ0v) is 9.75. The minimum Gasteiger partial charge on any atom is -0.477 e. The van der Waals surface area contributed by atoms with E-state index < -0.39 is 5.97 Å². The summed E-state index contributed by atoms with van der Waals surface area (Å²) in [7, 11) is 3.96. The Morgan fingerprint density at radius 2 is 1.71 bits per heavy atom. The number of quaternary nitrogens is 1. The molecule has 0 fully saturated rings. The number of rotatable bonds is 8. The van der Waals surface area contributed by atoms with Gasteiger partial charge in [0.05, 0.1) is 20.6 Å². The van der Waals surface area contributed by atoms with E-state index in [1.54, 1.807) is 0 Å². The Morgan fingerprint density at radius 1 is 1.14 bits per heavy atom. The molecule has 0 saturated heterocycles. The van der Waals surface area contributed by atoms with E-state index in [2.05, 4.69) is 6.92 Å². The molecule has 0 heterocycles. The van der Waals surface area contributed by atoms with Crippen molar-refractivity contribution in [1.82, 2.24) is 0 Å². The second-order valence-electron chi connectivity index (χ2n) is 4.63. The molecule has 0 aromatic carbocycles. The van der Waals surface area contributed by atoms with Gasteiger partial charge in [-0.2, -0.15) is 0 Å². The number of nitrogens with zero attached hydrogens (tertiary/aromatic N) is 1. The minimum absolute atomic E-state index is 0.230. The van der Waals surface area contributed by atoms with Crippen LogP contribution in [0.3, 0.4) is 0 Å². The second kappa shape index (κ2) is 6.82. The van der Waals surface area contributed by atoms with Gasteiger partial charge in [-0.1, -0.05) is 26.2 Å². The first-order valence-electron chi connectivity index (χ1n) is 5.52. The number of unbranched alkanes of at least 4 members (excludes halogenated alkanes) is 4. The van der Waals surface area contributed by atoms with Crippen LogP contribution in [0.2, 0.25) is 0 Å². The molecule has 0 atom stereocenters. The van der Waals surface area contributed by atoms with Gasteiger partial charge >= 0.3 is 5.97 Å². The van der Waals surface area contributed by atoms with Gasteiger partial charge in [0.15, 0.2) is 6.54 Å². The molecule has 3 nitrogen and oxygen atoms in total. The molecule has 0 rings (SSSR count). The van der Waals surface area contributed by atoms with Crippen molar-refractivity contribution < 1.29 is 14.4 Å². The van der Waals surface area contributed by atoms with Crippen molar-refractivity contribution in [3.8, 4) is 0 Å². The largest absolute Gasteiger partial charge is 0.477 e. The molecular formula is C11H24NO2+. The molecule has 0 spiro atoms. The molecule has 0 aliphatic rings. The Bertz CT molecular complexity index is 167. The van der Waals surface area contributed by atoms with E-state index in [1.165, 1.54) is 25.7 Å². The van der Waals surface area contributed by atoms with E-state index in [0.29, 0.717) is 4.48 Å². The minimum atomic E-state index is -0.705. The lowest BCUT2D eigenvalue weighted by Crippen LogP contribution is -2.44. The molecule has 0 aromatic rings. The fourth-order valence-electron chi connectivity index (χ4n) is 1.59.